The molecule has 27 heavy (non-hydrogen) atoms. The molecule has 1 aliphatic rings. The number of piperidine rings is 1. The highest BCUT2D eigenvalue weighted by Crippen LogP contribution is 2.36. The number of ether oxygens (including phenoxy) is 2. The summed E-state index contributed by atoms with van der Waals surface area (Å²) in [5.74, 6) is 0.732. The quantitative estimate of drug-likeness (QED) is 0.794. The lowest BCUT2D eigenvalue weighted by molar-refractivity contribution is -0.120. The molecule has 1 heterocycles. The molecule has 2 aromatic rings. The van der Waals surface area contributed by atoms with Crippen LogP contribution in [-0.4, -0.2) is 26.1 Å². The van der Waals surface area contributed by atoms with Crippen LogP contribution >= 0.6 is 12.4 Å². The molecule has 2 N–H and O–H groups in total. The predicted octanol–water partition coefficient (Wildman–Crippen LogP) is 4.29. The Hall–Kier alpha value is -2.31. The van der Waals surface area contributed by atoms with E-state index in [0.717, 1.165) is 24.9 Å². The Morgan fingerprint density at radius 3 is 2.67 bits per heavy atom. The SMILES string of the molecule is COc1cc(C)ccc1Oc1ccc(F)cc1NC(=O)C1CCCNC1.Cl. The van der Waals surface area contributed by atoms with Gasteiger partial charge >= 0.3 is 0 Å². The lowest BCUT2D eigenvalue weighted by atomic mass is 9.99. The van der Waals surface area contributed by atoms with Gasteiger partial charge in [0.15, 0.2) is 17.2 Å². The summed E-state index contributed by atoms with van der Waals surface area (Å²) in [7, 11) is 1.56. The average Bonchev–Trinajstić information content (AvgIpc) is 2.65. The van der Waals surface area contributed by atoms with Gasteiger partial charge in [-0.15, -0.1) is 12.4 Å². The number of carbonyl (C=O) groups is 1. The third kappa shape index (κ3) is 5.34. The summed E-state index contributed by atoms with van der Waals surface area (Å²) < 4.78 is 25.0. The maximum atomic E-state index is 13.7. The average molecular weight is 395 g/mol. The van der Waals surface area contributed by atoms with Crippen molar-refractivity contribution in [3.05, 3.63) is 47.8 Å². The predicted molar refractivity (Wildman–Crippen MR) is 106 cm³/mol. The second kappa shape index (κ2) is 9.58. The fourth-order valence-corrected chi connectivity index (χ4v) is 2.98. The van der Waals surface area contributed by atoms with Crippen molar-refractivity contribution in [2.75, 3.05) is 25.5 Å². The van der Waals surface area contributed by atoms with Gasteiger partial charge in [0.05, 0.1) is 18.7 Å². The van der Waals surface area contributed by atoms with Crippen LogP contribution < -0.4 is 20.1 Å². The maximum Gasteiger partial charge on any atom is 0.228 e. The van der Waals surface area contributed by atoms with Crippen molar-refractivity contribution in [3.8, 4) is 17.2 Å². The molecule has 1 saturated heterocycles. The van der Waals surface area contributed by atoms with Gasteiger partial charge in [-0.1, -0.05) is 6.07 Å². The molecular formula is C20H24ClFN2O3. The summed E-state index contributed by atoms with van der Waals surface area (Å²) in [5, 5.41) is 6.01. The van der Waals surface area contributed by atoms with E-state index in [0.29, 0.717) is 29.5 Å². The highest BCUT2D eigenvalue weighted by atomic mass is 35.5. The van der Waals surface area contributed by atoms with Crippen LogP contribution in [0.25, 0.3) is 0 Å². The second-order valence-corrected chi connectivity index (χ2v) is 6.43. The van der Waals surface area contributed by atoms with E-state index in [4.69, 9.17) is 9.47 Å². The molecule has 1 unspecified atom stereocenters. The lowest BCUT2D eigenvalue weighted by Crippen LogP contribution is -2.37. The summed E-state index contributed by atoms with van der Waals surface area (Å²) in [6.07, 6.45) is 1.77. The Balaban J connectivity index is 0.00000261. The largest absolute Gasteiger partial charge is 0.493 e. The van der Waals surface area contributed by atoms with Crippen molar-refractivity contribution in [3.63, 3.8) is 0 Å². The van der Waals surface area contributed by atoms with Crippen molar-refractivity contribution in [2.45, 2.75) is 19.8 Å². The molecule has 0 radical (unpaired) electrons. The molecule has 1 fully saturated rings. The number of hydrogen-bond donors (Lipinski definition) is 2. The van der Waals surface area contributed by atoms with Crippen molar-refractivity contribution >= 4 is 24.0 Å². The standard InChI is InChI=1S/C20H23FN2O3.ClH/c1-13-5-7-18(19(10-13)25-2)26-17-8-6-15(21)11-16(17)23-20(24)14-4-3-9-22-12-14;/h5-8,10-11,14,22H,3-4,9,12H2,1-2H3,(H,23,24);1H. The molecule has 1 aliphatic heterocycles. The van der Waals surface area contributed by atoms with Crippen LogP contribution in [0.5, 0.6) is 17.2 Å². The normalized spacial score (nSPS) is 16.2. The summed E-state index contributed by atoms with van der Waals surface area (Å²) in [5.41, 5.74) is 1.34. The lowest BCUT2D eigenvalue weighted by Gasteiger charge is -2.22. The Kier molecular flexibility index (Phi) is 7.45. The van der Waals surface area contributed by atoms with Crippen LogP contribution in [0.2, 0.25) is 0 Å². The minimum Gasteiger partial charge on any atom is -0.493 e. The van der Waals surface area contributed by atoms with Gasteiger partial charge < -0.3 is 20.1 Å². The topological polar surface area (TPSA) is 59.6 Å². The van der Waals surface area contributed by atoms with Gasteiger partial charge in [-0.3, -0.25) is 4.79 Å². The fourth-order valence-electron chi connectivity index (χ4n) is 2.98. The van der Waals surface area contributed by atoms with Gasteiger partial charge in [-0.2, -0.15) is 0 Å². The van der Waals surface area contributed by atoms with Crippen molar-refractivity contribution < 1.29 is 18.7 Å². The van der Waals surface area contributed by atoms with E-state index in [1.54, 1.807) is 13.2 Å². The first-order valence-corrected chi connectivity index (χ1v) is 8.70. The maximum absolute atomic E-state index is 13.7. The Morgan fingerprint density at radius 2 is 1.96 bits per heavy atom. The number of aryl methyl sites for hydroxylation is 1. The zero-order valence-electron chi connectivity index (χ0n) is 15.4. The van der Waals surface area contributed by atoms with E-state index in [9.17, 15) is 9.18 Å². The van der Waals surface area contributed by atoms with Gasteiger partial charge in [-0.25, -0.2) is 4.39 Å². The minimum absolute atomic E-state index is 0. The molecular weight excluding hydrogens is 371 g/mol. The van der Waals surface area contributed by atoms with Gasteiger partial charge in [0.1, 0.15) is 5.82 Å². The molecule has 0 spiro atoms. The molecule has 7 heteroatoms. The zero-order valence-corrected chi connectivity index (χ0v) is 16.2. The minimum atomic E-state index is -0.440. The smallest absolute Gasteiger partial charge is 0.228 e. The summed E-state index contributed by atoms with van der Waals surface area (Å²) in [6.45, 7) is 3.50. The number of benzene rings is 2. The van der Waals surface area contributed by atoms with Crippen LogP contribution in [-0.2, 0) is 4.79 Å². The van der Waals surface area contributed by atoms with E-state index >= 15 is 0 Å². The third-order valence-corrected chi connectivity index (χ3v) is 4.41. The van der Waals surface area contributed by atoms with E-state index in [-0.39, 0.29) is 24.2 Å². The molecule has 5 nitrogen and oxygen atoms in total. The molecule has 0 bridgehead atoms. The van der Waals surface area contributed by atoms with Gasteiger partial charge in [0.25, 0.3) is 0 Å². The molecule has 0 aliphatic carbocycles. The Labute approximate surface area is 164 Å². The number of nitrogens with one attached hydrogen (secondary N) is 2. The fraction of sp³-hybridized carbons (Fsp3) is 0.350. The third-order valence-electron chi connectivity index (χ3n) is 4.41. The zero-order chi connectivity index (χ0) is 18.5. The number of rotatable bonds is 5. The first-order valence-electron chi connectivity index (χ1n) is 8.70. The molecule has 0 saturated carbocycles. The molecule has 1 atom stereocenters. The molecule has 146 valence electrons. The first-order chi connectivity index (χ1) is 12.6. The summed E-state index contributed by atoms with van der Waals surface area (Å²) >= 11 is 0. The summed E-state index contributed by atoms with van der Waals surface area (Å²) in [4.78, 5) is 12.5. The Morgan fingerprint density at radius 1 is 1.19 bits per heavy atom. The van der Waals surface area contributed by atoms with Crippen LogP contribution in [0, 0.1) is 18.7 Å². The van der Waals surface area contributed by atoms with Crippen LogP contribution in [0.4, 0.5) is 10.1 Å². The monoisotopic (exact) mass is 394 g/mol. The van der Waals surface area contributed by atoms with E-state index in [1.807, 2.05) is 19.1 Å². The summed E-state index contributed by atoms with van der Waals surface area (Å²) in [6, 6.07) is 9.60. The van der Waals surface area contributed by atoms with Crippen LogP contribution in [0.15, 0.2) is 36.4 Å². The van der Waals surface area contributed by atoms with Crippen molar-refractivity contribution in [1.29, 1.82) is 0 Å². The number of hydrogen-bond acceptors (Lipinski definition) is 4. The molecule has 1 amide bonds. The number of amides is 1. The van der Waals surface area contributed by atoms with Gasteiger partial charge in [0, 0.05) is 12.6 Å². The molecule has 3 rings (SSSR count). The van der Waals surface area contributed by atoms with Gasteiger partial charge in [0.2, 0.25) is 5.91 Å². The van der Waals surface area contributed by atoms with Crippen LogP contribution in [0.3, 0.4) is 0 Å². The number of anilines is 1. The first kappa shape index (κ1) is 21.0. The number of methoxy groups -OCH3 is 1. The molecule has 0 aromatic heterocycles. The van der Waals surface area contributed by atoms with E-state index < -0.39 is 5.82 Å². The van der Waals surface area contributed by atoms with E-state index in [1.165, 1.54) is 18.2 Å². The van der Waals surface area contributed by atoms with Crippen molar-refractivity contribution in [2.24, 2.45) is 5.92 Å². The van der Waals surface area contributed by atoms with E-state index in [2.05, 4.69) is 10.6 Å². The van der Waals surface area contributed by atoms with Gasteiger partial charge in [-0.05, 0) is 56.1 Å². The highest BCUT2D eigenvalue weighted by Gasteiger charge is 2.22. The van der Waals surface area contributed by atoms with Crippen molar-refractivity contribution in [1.82, 2.24) is 5.32 Å². The number of carbonyl (C=O) groups excluding carboxylic acids is 1. The number of halogens is 2. The highest BCUT2D eigenvalue weighted by molar-refractivity contribution is 5.94. The Bertz CT molecular complexity index is 795. The molecule has 2 aromatic carbocycles. The van der Waals surface area contributed by atoms with Crippen LogP contribution in [0.1, 0.15) is 18.4 Å². The second-order valence-electron chi connectivity index (χ2n) is 6.43.